The highest BCUT2D eigenvalue weighted by Gasteiger charge is 2.58. The summed E-state index contributed by atoms with van der Waals surface area (Å²) < 4.78 is 0. The summed E-state index contributed by atoms with van der Waals surface area (Å²) in [6, 6.07) is 8.30. The van der Waals surface area contributed by atoms with E-state index < -0.39 is 0 Å². The summed E-state index contributed by atoms with van der Waals surface area (Å²) in [5.41, 5.74) is 2.28. The molecule has 2 N–H and O–H groups in total. The Kier molecular flexibility index (Phi) is 7.61. The number of rotatable bonds is 7. The van der Waals surface area contributed by atoms with E-state index in [2.05, 4.69) is 56.9 Å². The number of nitrogens with one attached hydrogen (secondary N) is 2. The van der Waals surface area contributed by atoms with Crippen LogP contribution in [0.1, 0.15) is 18.9 Å². The van der Waals surface area contributed by atoms with Gasteiger partial charge < -0.3 is 15.5 Å². The van der Waals surface area contributed by atoms with Crippen molar-refractivity contribution in [2.75, 3.05) is 38.6 Å². The van der Waals surface area contributed by atoms with Crippen LogP contribution in [0.25, 0.3) is 0 Å². The Bertz CT molecular complexity index is 837. The molecule has 0 radical (unpaired) electrons. The van der Waals surface area contributed by atoms with Crippen LogP contribution in [0.15, 0.2) is 41.4 Å². The van der Waals surface area contributed by atoms with Gasteiger partial charge in [0, 0.05) is 39.4 Å². The van der Waals surface area contributed by atoms with E-state index in [1.54, 1.807) is 0 Å². The Morgan fingerprint density at radius 1 is 1.06 bits per heavy atom. The molecule has 4 atom stereocenters. The van der Waals surface area contributed by atoms with Gasteiger partial charge in [-0.15, -0.1) is 24.0 Å². The monoisotopic (exact) mass is 537 g/mol. The van der Waals surface area contributed by atoms with E-state index in [1.165, 1.54) is 4.90 Å². The van der Waals surface area contributed by atoms with E-state index in [0.717, 1.165) is 24.2 Å². The minimum absolute atomic E-state index is 0. The zero-order valence-electron chi connectivity index (χ0n) is 18.4. The molecule has 8 heteroatoms. The maximum Gasteiger partial charge on any atom is 0.233 e. The molecule has 1 aromatic carbocycles. The Balaban J connectivity index is 0.00000272. The number of allylic oxidation sites excluding steroid dienone is 2. The highest BCUT2D eigenvalue weighted by molar-refractivity contribution is 14.0. The molecule has 1 heterocycles. The van der Waals surface area contributed by atoms with Crippen LogP contribution in [-0.2, 0) is 16.1 Å². The van der Waals surface area contributed by atoms with Crippen LogP contribution >= 0.6 is 24.0 Å². The summed E-state index contributed by atoms with van der Waals surface area (Å²) in [5, 5.41) is 6.49. The first-order chi connectivity index (χ1) is 14.5. The van der Waals surface area contributed by atoms with Crippen LogP contribution in [0.2, 0.25) is 0 Å². The number of carbonyl (C=O) groups excluding carboxylic acids is 2. The van der Waals surface area contributed by atoms with E-state index in [1.807, 2.05) is 21.0 Å². The number of hydrogen-bond donors (Lipinski definition) is 2. The van der Waals surface area contributed by atoms with Crippen molar-refractivity contribution >= 4 is 47.4 Å². The van der Waals surface area contributed by atoms with Crippen LogP contribution in [0, 0.1) is 23.7 Å². The van der Waals surface area contributed by atoms with Crippen LogP contribution in [0.3, 0.4) is 0 Å². The Hall–Kier alpha value is -2.10. The van der Waals surface area contributed by atoms with E-state index in [4.69, 9.17) is 0 Å². The van der Waals surface area contributed by atoms with E-state index in [-0.39, 0.29) is 59.5 Å². The molecular weight excluding hydrogens is 505 g/mol. The topological polar surface area (TPSA) is 77.0 Å². The lowest BCUT2D eigenvalue weighted by molar-refractivity contribution is -0.140. The summed E-state index contributed by atoms with van der Waals surface area (Å²) in [5.74, 6) is 0.965. The molecule has 1 saturated heterocycles. The highest BCUT2D eigenvalue weighted by Crippen LogP contribution is 2.52. The zero-order valence-corrected chi connectivity index (χ0v) is 20.7. The molecule has 0 aromatic heterocycles. The third-order valence-corrected chi connectivity index (χ3v) is 6.41. The number of likely N-dealkylation sites (tertiary alicyclic amines) is 1. The summed E-state index contributed by atoms with van der Waals surface area (Å²) in [4.78, 5) is 33.7. The average Bonchev–Trinajstić information content (AvgIpc) is 3.42. The van der Waals surface area contributed by atoms with Crippen molar-refractivity contribution in [3.05, 3.63) is 42.0 Å². The normalized spacial score (nSPS) is 26.2. The van der Waals surface area contributed by atoms with Gasteiger partial charge in [0.25, 0.3) is 0 Å². The number of nitrogens with zero attached hydrogens (tertiary/aromatic N) is 3. The van der Waals surface area contributed by atoms with Crippen molar-refractivity contribution in [1.29, 1.82) is 0 Å². The summed E-state index contributed by atoms with van der Waals surface area (Å²) in [6.45, 7) is 4.19. The number of imide groups is 1. The smallest absolute Gasteiger partial charge is 0.233 e. The van der Waals surface area contributed by atoms with Crippen LogP contribution in [-0.4, -0.2) is 56.4 Å². The van der Waals surface area contributed by atoms with Gasteiger partial charge >= 0.3 is 0 Å². The maximum atomic E-state index is 12.8. The zero-order chi connectivity index (χ0) is 21.3. The minimum atomic E-state index is -0.125. The third kappa shape index (κ3) is 4.73. The predicted octanol–water partition coefficient (Wildman–Crippen LogP) is 2.23. The summed E-state index contributed by atoms with van der Waals surface area (Å²) >= 11 is 0. The molecule has 0 spiro atoms. The number of anilines is 1. The van der Waals surface area contributed by atoms with E-state index in [0.29, 0.717) is 25.6 Å². The van der Waals surface area contributed by atoms with Gasteiger partial charge in [-0.2, -0.15) is 0 Å². The fourth-order valence-corrected chi connectivity index (χ4v) is 4.88. The molecule has 2 amide bonds. The molecule has 1 aliphatic heterocycles. The first-order valence-electron chi connectivity index (χ1n) is 10.8. The van der Waals surface area contributed by atoms with Gasteiger partial charge in [0.05, 0.1) is 18.4 Å². The number of hydrogen-bond acceptors (Lipinski definition) is 4. The third-order valence-electron chi connectivity index (χ3n) is 6.41. The van der Waals surface area contributed by atoms with Crippen LogP contribution < -0.4 is 15.5 Å². The van der Waals surface area contributed by atoms with Gasteiger partial charge in [0.15, 0.2) is 5.96 Å². The minimum Gasteiger partial charge on any atom is -0.378 e. The number of guanidine groups is 1. The molecule has 1 saturated carbocycles. The lowest BCUT2D eigenvalue weighted by atomic mass is 9.85. The number of benzene rings is 1. The predicted molar refractivity (Wildman–Crippen MR) is 133 cm³/mol. The quantitative estimate of drug-likeness (QED) is 0.184. The second kappa shape index (κ2) is 10.0. The molecule has 4 rings (SSSR count). The van der Waals surface area contributed by atoms with Gasteiger partial charge in [-0.25, -0.2) is 4.99 Å². The van der Waals surface area contributed by atoms with Crippen LogP contribution in [0.4, 0.5) is 5.69 Å². The largest absolute Gasteiger partial charge is 0.378 e. The molecule has 4 unspecified atom stereocenters. The molecule has 2 aliphatic carbocycles. The number of amides is 2. The van der Waals surface area contributed by atoms with Gasteiger partial charge in [-0.1, -0.05) is 24.3 Å². The fourth-order valence-electron chi connectivity index (χ4n) is 4.88. The maximum absolute atomic E-state index is 12.8. The van der Waals surface area contributed by atoms with Gasteiger partial charge in [0.2, 0.25) is 11.8 Å². The molecule has 31 heavy (non-hydrogen) atoms. The molecule has 2 fully saturated rings. The Morgan fingerprint density at radius 3 is 2.23 bits per heavy atom. The second-order valence-corrected chi connectivity index (χ2v) is 8.51. The number of aliphatic imine (C=N–C) groups is 1. The summed E-state index contributed by atoms with van der Waals surface area (Å²) in [7, 11) is 4.04. The van der Waals surface area contributed by atoms with Crippen molar-refractivity contribution in [3.63, 3.8) is 0 Å². The average molecular weight is 537 g/mol. The first kappa shape index (κ1) is 23.6. The number of halogens is 1. The van der Waals surface area contributed by atoms with E-state index >= 15 is 0 Å². The van der Waals surface area contributed by atoms with Crippen molar-refractivity contribution < 1.29 is 9.59 Å². The fraction of sp³-hybridized carbons (Fsp3) is 0.522. The second-order valence-electron chi connectivity index (χ2n) is 8.51. The lowest BCUT2D eigenvalue weighted by Crippen LogP contribution is -2.43. The molecule has 7 nitrogen and oxygen atoms in total. The van der Waals surface area contributed by atoms with Crippen molar-refractivity contribution in [1.82, 2.24) is 15.5 Å². The van der Waals surface area contributed by atoms with Gasteiger partial charge in [-0.3, -0.25) is 14.5 Å². The standard InChI is InChI=1S/C23H31N5O2.HI/c1-4-24-23(26-14-15-5-9-18(10-6-15)27(2)3)25-11-12-28-21(29)19-16-7-8-17(13-16)20(19)22(28)30;/h5-10,16-17,19-20H,4,11-14H2,1-3H3,(H2,24,25,26);1H. The highest BCUT2D eigenvalue weighted by atomic mass is 127. The Labute approximate surface area is 201 Å². The lowest BCUT2D eigenvalue weighted by Gasteiger charge is -2.18. The molecular formula is C23H32IN5O2. The number of carbonyl (C=O) groups is 2. The van der Waals surface area contributed by atoms with Gasteiger partial charge in [0.1, 0.15) is 0 Å². The van der Waals surface area contributed by atoms with Crippen LogP contribution in [0.5, 0.6) is 0 Å². The first-order valence-corrected chi connectivity index (χ1v) is 10.8. The molecule has 3 aliphatic rings. The van der Waals surface area contributed by atoms with E-state index in [9.17, 15) is 9.59 Å². The van der Waals surface area contributed by atoms with Crippen molar-refractivity contribution in [3.8, 4) is 0 Å². The molecule has 1 aromatic rings. The van der Waals surface area contributed by atoms with Gasteiger partial charge in [-0.05, 0) is 42.9 Å². The Morgan fingerprint density at radius 2 is 1.68 bits per heavy atom. The molecule has 168 valence electrons. The van der Waals surface area contributed by atoms with Crippen molar-refractivity contribution in [2.24, 2.45) is 28.7 Å². The SMILES string of the molecule is CCNC(=NCc1ccc(N(C)C)cc1)NCCN1C(=O)C2C3C=CC(C3)C2C1=O.I. The van der Waals surface area contributed by atoms with Crippen molar-refractivity contribution in [2.45, 2.75) is 19.9 Å². The number of fused-ring (bicyclic) bond motifs is 5. The summed E-state index contributed by atoms with van der Waals surface area (Å²) in [6.07, 6.45) is 5.21. The molecule has 2 bridgehead atoms.